The third-order valence-corrected chi connectivity index (χ3v) is 5.51. The molecule has 1 amide bonds. The maximum Gasteiger partial charge on any atom is 0.271 e. The Balaban J connectivity index is 1.58. The normalized spacial score (nSPS) is 25.0. The summed E-state index contributed by atoms with van der Waals surface area (Å²) in [4.78, 5) is 15.8. The Morgan fingerprint density at radius 2 is 2.00 bits per heavy atom. The minimum Gasteiger partial charge on any atom is -0.371 e. The number of hydrogen-bond acceptors (Lipinski definition) is 3. The smallest absolute Gasteiger partial charge is 0.271 e. The van der Waals surface area contributed by atoms with E-state index in [2.05, 4.69) is 10.2 Å². The minimum absolute atomic E-state index is 0.00652. The maximum atomic E-state index is 14.9. The van der Waals surface area contributed by atoms with Crippen LogP contribution in [0, 0.1) is 11.2 Å². The van der Waals surface area contributed by atoms with E-state index in [-0.39, 0.29) is 38.4 Å². The topological polar surface area (TPSA) is 52.2 Å². The third-order valence-electron chi connectivity index (χ3n) is 5.51. The Kier molecular flexibility index (Phi) is 3.93. The summed E-state index contributed by atoms with van der Waals surface area (Å²) in [5.41, 5.74) is -0.437. The van der Waals surface area contributed by atoms with Gasteiger partial charge in [0.25, 0.3) is 11.8 Å². The van der Waals surface area contributed by atoms with Gasteiger partial charge in [0.15, 0.2) is 0 Å². The van der Waals surface area contributed by atoms with Crippen molar-refractivity contribution in [2.45, 2.75) is 18.8 Å². The molecule has 0 radical (unpaired) electrons. The zero-order valence-electron chi connectivity index (χ0n) is 14.1. The molecule has 3 heterocycles. The van der Waals surface area contributed by atoms with E-state index in [1.807, 2.05) is 0 Å². The molecule has 2 saturated heterocycles. The molecule has 1 aromatic carbocycles. The molecule has 0 aliphatic carbocycles. The Morgan fingerprint density at radius 3 is 2.73 bits per heavy atom. The van der Waals surface area contributed by atoms with Gasteiger partial charge >= 0.3 is 0 Å². The molecule has 4 rings (SSSR count). The molecule has 1 aromatic heterocycles. The summed E-state index contributed by atoms with van der Waals surface area (Å²) in [7, 11) is 0. The molecule has 1 N–H and O–H groups in total. The van der Waals surface area contributed by atoms with Crippen molar-refractivity contribution in [1.29, 1.82) is 0 Å². The van der Waals surface area contributed by atoms with Gasteiger partial charge in [0.2, 0.25) is 0 Å². The van der Waals surface area contributed by atoms with Crippen LogP contribution >= 0.6 is 0 Å². The number of amides is 1. The number of carbonyl (C=O) groups is 1. The third kappa shape index (κ3) is 2.73. The van der Waals surface area contributed by atoms with Crippen molar-refractivity contribution in [2.24, 2.45) is 5.41 Å². The molecule has 0 bridgehead atoms. The van der Waals surface area contributed by atoms with E-state index in [1.54, 1.807) is 17.0 Å². The number of alkyl halides is 2. The largest absolute Gasteiger partial charge is 0.371 e. The second-order valence-corrected chi connectivity index (χ2v) is 7.08. The Bertz CT molecular complexity index is 811. The molecule has 0 unspecified atom stereocenters. The Hall–Kier alpha value is -2.51. The van der Waals surface area contributed by atoms with Crippen molar-refractivity contribution in [1.82, 2.24) is 15.1 Å². The quantitative estimate of drug-likeness (QED) is 0.892. The van der Waals surface area contributed by atoms with Crippen LogP contribution in [0.1, 0.15) is 23.3 Å². The van der Waals surface area contributed by atoms with Crippen molar-refractivity contribution >= 4 is 11.6 Å². The van der Waals surface area contributed by atoms with Crippen molar-refractivity contribution in [3.8, 4) is 0 Å². The molecule has 26 heavy (non-hydrogen) atoms. The average Bonchev–Trinajstić information content (AvgIpc) is 3.28. The molecule has 5 nitrogen and oxygen atoms in total. The fourth-order valence-electron chi connectivity index (χ4n) is 4.01. The maximum absolute atomic E-state index is 14.9. The van der Waals surface area contributed by atoms with E-state index in [4.69, 9.17) is 0 Å². The number of aromatic amines is 1. The SMILES string of the molecule is O=C(c1ccn[nH]1)N1CCC(F)(F)[C@]2(CCN(c3cccc(F)c3)C2)C1. The van der Waals surface area contributed by atoms with Gasteiger partial charge in [-0.2, -0.15) is 5.10 Å². The molecule has 1 spiro atoms. The van der Waals surface area contributed by atoms with Gasteiger partial charge in [0.1, 0.15) is 11.5 Å². The van der Waals surface area contributed by atoms with Crippen LogP contribution in [-0.2, 0) is 0 Å². The van der Waals surface area contributed by atoms with Crippen LogP contribution in [0.5, 0.6) is 0 Å². The molecular formula is C18H19F3N4O. The number of halogens is 3. The summed E-state index contributed by atoms with van der Waals surface area (Å²) in [6, 6.07) is 7.51. The lowest BCUT2D eigenvalue weighted by Gasteiger charge is -2.45. The molecule has 2 aromatic rings. The number of benzene rings is 1. The number of piperidine rings is 1. The van der Waals surface area contributed by atoms with Crippen LogP contribution in [0.4, 0.5) is 18.9 Å². The van der Waals surface area contributed by atoms with Gasteiger partial charge in [-0.15, -0.1) is 0 Å². The molecular weight excluding hydrogens is 345 g/mol. The molecule has 138 valence electrons. The van der Waals surface area contributed by atoms with Crippen molar-refractivity contribution in [3.05, 3.63) is 48.0 Å². The summed E-state index contributed by atoms with van der Waals surface area (Å²) in [5.74, 6) is -3.59. The number of nitrogens with zero attached hydrogens (tertiary/aromatic N) is 3. The van der Waals surface area contributed by atoms with Gasteiger partial charge in [-0.3, -0.25) is 9.89 Å². The first-order valence-corrected chi connectivity index (χ1v) is 8.57. The van der Waals surface area contributed by atoms with Crippen LogP contribution in [0.3, 0.4) is 0 Å². The molecule has 1 atom stereocenters. The first-order valence-electron chi connectivity index (χ1n) is 8.57. The zero-order chi connectivity index (χ0) is 18.4. The van der Waals surface area contributed by atoms with Gasteiger partial charge < -0.3 is 9.80 Å². The summed E-state index contributed by atoms with van der Waals surface area (Å²) in [5, 5.41) is 6.35. The summed E-state index contributed by atoms with van der Waals surface area (Å²) in [6.45, 7) is 0.484. The molecule has 0 saturated carbocycles. The number of aromatic nitrogens is 2. The zero-order valence-corrected chi connectivity index (χ0v) is 14.1. The van der Waals surface area contributed by atoms with E-state index in [9.17, 15) is 18.0 Å². The van der Waals surface area contributed by atoms with E-state index in [0.717, 1.165) is 0 Å². The lowest BCUT2D eigenvalue weighted by atomic mass is 9.75. The van der Waals surface area contributed by atoms with E-state index in [1.165, 1.54) is 29.3 Å². The second-order valence-electron chi connectivity index (χ2n) is 7.08. The number of anilines is 1. The standard InChI is InChI=1S/C18H19F3N4O/c19-13-2-1-3-14(10-13)24-8-5-17(11-24)12-25(9-6-18(17,20)21)16(26)15-4-7-22-23-15/h1-4,7,10H,5-6,8-9,11-12H2,(H,22,23)/t17-/m0/s1. The number of hydrogen-bond donors (Lipinski definition) is 1. The van der Waals surface area contributed by atoms with Crippen molar-refractivity contribution in [2.75, 3.05) is 31.1 Å². The predicted molar refractivity (Wildman–Crippen MR) is 89.7 cm³/mol. The van der Waals surface area contributed by atoms with Crippen molar-refractivity contribution < 1.29 is 18.0 Å². The summed E-state index contributed by atoms with van der Waals surface area (Å²) >= 11 is 0. The van der Waals surface area contributed by atoms with Crippen molar-refractivity contribution in [3.63, 3.8) is 0 Å². The molecule has 2 aliphatic heterocycles. The highest BCUT2D eigenvalue weighted by Gasteiger charge is 2.60. The lowest BCUT2D eigenvalue weighted by molar-refractivity contribution is -0.150. The monoisotopic (exact) mass is 364 g/mol. The van der Waals surface area contributed by atoms with Crippen LogP contribution in [0.2, 0.25) is 0 Å². The van der Waals surface area contributed by atoms with Crippen LogP contribution in [0.25, 0.3) is 0 Å². The predicted octanol–water partition coefficient (Wildman–Crippen LogP) is 2.93. The highest BCUT2D eigenvalue weighted by molar-refractivity contribution is 5.92. The number of rotatable bonds is 2. The van der Waals surface area contributed by atoms with Gasteiger partial charge in [0.05, 0.1) is 5.41 Å². The first kappa shape index (κ1) is 16.9. The van der Waals surface area contributed by atoms with E-state index < -0.39 is 17.2 Å². The fourth-order valence-corrected chi connectivity index (χ4v) is 4.01. The fraction of sp³-hybridized carbons (Fsp3) is 0.444. The molecule has 2 fully saturated rings. The summed E-state index contributed by atoms with van der Waals surface area (Å²) < 4.78 is 43.2. The number of nitrogens with one attached hydrogen (secondary N) is 1. The first-order chi connectivity index (χ1) is 12.4. The molecule has 8 heteroatoms. The number of likely N-dealkylation sites (tertiary alicyclic amines) is 1. The van der Waals surface area contributed by atoms with Crippen LogP contribution in [-0.4, -0.2) is 53.1 Å². The van der Waals surface area contributed by atoms with Crippen LogP contribution in [0.15, 0.2) is 36.5 Å². The number of carbonyl (C=O) groups excluding carboxylic acids is 1. The minimum atomic E-state index is -2.88. The number of H-pyrrole nitrogens is 1. The highest BCUT2D eigenvalue weighted by Crippen LogP contribution is 2.50. The van der Waals surface area contributed by atoms with Gasteiger partial charge in [0, 0.05) is 44.5 Å². The Morgan fingerprint density at radius 1 is 1.15 bits per heavy atom. The van der Waals surface area contributed by atoms with Gasteiger partial charge in [-0.1, -0.05) is 6.07 Å². The average molecular weight is 364 g/mol. The van der Waals surface area contributed by atoms with E-state index >= 15 is 0 Å². The Labute approximate surface area is 148 Å². The lowest BCUT2D eigenvalue weighted by Crippen LogP contribution is -2.58. The van der Waals surface area contributed by atoms with Crippen LogP contribution < -0.4 is 4.90 Å². The van der Waals surface area contributed by atoms with Gasteiger partial charge in [-0.05, 0) is 30.7 Å². The van der Waals surface area contributed by atoms with E-state index in [0.29, 0.717) is 17.9 Å². The summed E-state index contributed by atoms with van der Waals surface area (Å²) in [6.07, 6.45) is 1.34. The molecule has 2 aliphatic rings. The van der Waals surface area contributed by atoms with Gasteiger partial charge in [-0.25, -0.2) is 13.2 Å². The second kappa shape index (κ2) is 6.03. The highest BCUT2D eigenvalue weighted by atomic mass is 19.3.